The number of rotatable bonds is 4. The van der Waals surface area contributed by atoms with Gasteiger partial charge < -0.3 is 9.88 Å². The van der Waals surface area contributed by atoms with Crippen LogP contribution in [0.15, 0.2) is 11.6 Å². The number of imidazole rings is 1. The van der Waals surface area contributed by atoms with E-state index in [1.54, 1.807) is 0 Å². The summed E-state index contributed by atoms with van der Waals surface area (Å²) >= 11 is 0. The van der Waals surface area contributed by atoms with Gasteiger partial charge in [-0.3, -0.25) is 0 Å². The lowest BCUT2D eigenvalue weighted by molar-refractivity contribution is 0.329. The first-order chi connectivity index (χ1) is 11.1. The number of hydrogen-bond acceptors (Lipinski definition) is 2. The largest absolute Gasteiger partial charge is 0.328 e. The third-order valence-corrected chi connectivity index (χ3v) is 4.94. The summed E-state index contributed by atoms with van der Waals surface area (Å²) < 4.78 is 2.53. The fourth-order valence-electron chi connectivity index (χ4n) is 3.67. The number of allylic oxidation sites excluding steroid dienone is 2. The molecule has 1 saturated heterocycles. The molecule has 3 heteroatoms. The molecule has 1 atom stereocenters. The highest BCUT2D eigenvalue weighted by molar-refractivity contribution is 5.35. The Hall–Kier alpha value is -1.35. The van der Waals surface area contributed by atoms with Gasteiger partial charge in [0.1, 0.15) is 5.82 Å². The van der Waals surface area contributed by atoms with Crippen LogP contribution in [0.4, 0.5) is 0 Å². The van der Waals surface area contributed by atoms with Gasteiger partial charge in [-0.25, -0.2) is 4.98 Å². The molecule has 1 aromatic rings. The van der Waals surface area contributed by atoms with Crippen LogP contribution in [0.3, 0.4) is 0 Å². The van der Waals surface area contributed by atoms with Crippen molar-refractivity contribution in [1.82, 2.24) is 14.9 Å². The number of fused-ring (bicyclic) bond motifs is 1. The van der Waals surface area contributed by atoms with Gasteiger partial charge in [-0.05, 0) is 57.5 Å². The zero-order valence-corrected chi connectivity index (χ0v) is 14.9. The Kier molecular flexibility index (Phi) is 5.37. The third-order valence-electron chi connectivity index (χ3n) is 4.94. The van der Waals surface area contributed by atoms with Crippen LogP contribution in [0, 0.1) is 11.8 Å². The molecule has 0 radical (unpaired) electrons. The van der Waals surface area contributed by atoms with Crippen LogP contribution < -0.4 is 16.0 Å². The summed E-state index contributed by atoms with van der Waals surface area (Å²) in [5, 5.41) is 6.12. The molecule has 1 fully saturated rings. The van der Waals surface area contributed by atoms with E-state index >= 15 is 0 Å². The molecule has 1 aliphatic carbocycles. The highest BCUT2D eigenvalue weighted by Gasteiger charge is 2.17. The van der Waals surface area contributed by atoms with Crippen molar-refractivity contribution in [2.24, 2.45) is 11.8 Å². The smallest absolute Gasteiger partial charge is 0.110 e. The summed E-state index contributed by atoms with van der Waals surface area (Å²) in [5.41, 5.74) is 1.46. The second kappa shape index (κ2) is 7.48. The molecular weight excluding hydrogens is 282 g/mol. The Labute approximate surface area is 140 Å². The summed E-state index contributed by atoms with van der Waals surface area (Å²) in [6, 6.07) is 0. The Morgan fingerprint density at radius 1 is 1.30 bits per heavy atom. The summed E-state index contributed by atoms with van der Waals surface area (Å²) in [7, 11) is 0. The summed E-state index contributed by atoms with van der Waals surface area (Å²) in [6.45, 7) is 10.3. The van der Waals surface area contributed by atoms with Gasteiger partial charge in [0.2, 0.25) is 0 Å². The Morgan fingerprint density at radius 3 is 2.91 bits per heavy atom. The molecule has 1 N–H and O–H groups in total. The van der Waals surface area contributed by atoms with E-state index in [9.17, 15) is 0 Å². The summed E-state index contributed by atoms with van der Waals surface area (Å²) in [5.74, 6) is 2.66. The van der Waals surface area contributed by atoms with Gasteiger partial charge in [-0.1, -0.05) is 37.6 Å². The van der Waals surface area contributed by atoms with Gasteiger partial charge in [0.05, 0.1) is 10.7 Å². The van der Waals surface area contributed by atoms with Crippen LogP contribution in [-0.2, 0) is 13.0 Å². The van der Waals surface area contributed by atoms with Gasteiger partial charge in [0, 0.05) is 13.0 Å². The first kappa shape index (κ1) is 16.5. The maximum atomic E-state index is 5.01. The molecule has 23 heavy (non-hydrogen) atoms. The van der Waals surface area contributed by atoms with Crippen LogP contribution in [0.25, 0.3) is 12.2 Å². The van der Waals surface area contributed by atoms with Crippen LogP contribution >= 0.6 is 0 Å². The van der Waals surface area contributed by atoms with Gasteiger partial charge in [0.25, 0.3) is 0 Å². The first-order valence-corrected chi connectivity index (χ1v) is 9.25. The molecule has 3 rings (SSSR count). The zero-order valence-electron chi connectivity index (χ0n) is 14.9. The minimum Gasteiger partial charge on any atom is -0.328 e. The Bertz CT molecular complexity index is 672. The van der Waals surface area contributed by atoms with E-state index in [1.807, 2.05) is 0 Å². The van der Waals surface area contributed by atoms with E-state index in [0.29, 0.717) is 5.92 Å². The number of nitrogens with one attached hydrogen (secondary N) is 1. The minimum absolute atomic E-state index is 0.645. The summed E-state index contributed by atoms with van der Waals surface area (Å²) in [4.78, 5) is 5.01. The predicted molar refractivity (Wildman–Crippen MR) is 97.5 cm³/mol. The number of nitrogens with zero attached hydrogens (tertiary/aromatic N) is 2. The fraction of sp³-hybridized carbons (Fsp3) is 0.650. The van der Waals surface area contributed by atoms with E-state index < -0.39 is 0 Å². The van der Waals surface area contributed by atoms with Crippen molar-refractivity contribution >= 4 is 12.2 Å². The predicted octanol–water partition coefficient (Wildman–Crippen LogP) is 2.38. The molecule has 1 aromatic heterocycles. The average Bonchev–Trinajstić information content (AvgIpc) is 2.80. The third kappa shape index (κ3) is 4.14. The van der Waals surface area contributed by atoms with E-state index in [4.69, 9.17) is 4.98 Å². The van der Waals surface area contributed by atoms with E-state index in [1.165, 1.54) is 41.5 Å². The van der Waals surface area contributed by atoms with Crippen molar-refractivity contribution < 1.29 is 0 Å². The first-order valence-electron chi connectivity index (χ1n) is 9.25. The lowest BCUT2D eigenvalue weighted by atomic mass is 9.99. The normalized spacial score (nSPS) is 24.7. The molecule has 2 heterocycles. The van der Waals surface area contributed by atoms with Gasteiger partial charge in [-0.2, -0.15) is 0 Å². The molecule has 0 aromatic carbocycles. The van der Waals surface area contributed by atoms with E-state index in [-0.39, 0.29) is 0 Å². The van der Waals surface area contributed by atoms with Gasteiger partial charge in [0.15, 0.2) is 0 Å². The maximum absolute atomic E-state index is 5.01. The molecule has 0 bridgehead atoms. The van der Waals surface area contributed by atoms with Crippen LogP contribution in [0.2, 0.25) is 0 Å². The van der Waals surface area contributed by atoms with Crippen molar-refractivity contribution in [3.05, 3.63) is 28.2 Å². The molecule has 0 spiro atoms. The Morgan fingerprint density at radius 2 is 2.17 bits per heavy atom. The second-order valence-corrected chi connectivity index (χ2v) is 7.62. The lowest BCUT2D eigenvalue weighted by Gasteiger charge is -2.24. The maximum Gasteiger partial charge on any atom is 0.110 e. The van der Waals surface area contributed by atoms with Crippen molar-refractivity contribution in [2.45, 2.75) is 59.4 Å². The highest BCUT2D eigenvalue weighted by Crippen LogP contribution is 2.14. The molecule has 0 amide bonds. The van der Waals surface area contributed by atoms with Crippen molar-refractivity contribution in [2.75, 3.05) is 13.1 Å². The van der Waals surface area contributed by atoms with Gasteiger partial charge >= 0.3 is 0 Å². The monoisotopic (exact) mass is 313 g/mol. The van der Waals surface area contributed by atoms with Crippen molar-refractivity contribution in [3.63, 3.8) is 0 Å². The number of aromatic nitrogens is 2. The van der Waals surface area contributed by atoms with Crippen molar-refractivity contribution in [3.8, 4) is 0 Å². The number of hydrogen-bond donors (Lipinski definition) is 1. The van der Waals surface area contributed by atoms with E-state index in [0.717, 1.165) is 38.3 Å². The standard InChI is InChI=1S/C20H31N3/c1-15(2)12-20-22-18-8-4-6-16(3)9-10-19(18)23(20)14-17-7-5-11-21-13-17/h6,8,10,15,17,21H,4-5,7,9,11-14H2,1-3H3/b16-6?,18-8+,19-10-/t17-/m1/s1. The molecule has 1 aliphatic heterocycles. The van der Waals surface area contributed by atoms with Crippen molar-refractivity contribution in [1.29, 1.82) is 0 Å². The Balaban J connectivity index is 1.99. The quantitative estimate of drug-likeness (QED) is 0.865. The molecular formula is C20H31N3. The zero-order chi connectivity index (χ0) is 16.2. The summed E-state index contributed by atoms with van der Waals surface area (Å²) in [6.07, 6.45) is 12.8. The second-order valence-electron chi connectivity index (χ2n) is 7.62. The molecule has 0 unspecified atom stereocenters. The highest BCUT2D eigenvalue weighted by atomic mass is 15.1. The topological polar surface area (TPSA) is 29.9 Å². The SMILES string of the molecule is CC1=CC/C=c2/nc(CC(C)C)n(C[C@@H]3CCCNC3)/c2=C\C1. The van der Waals surface area contributed by atoms with E-state index in [2.05, 4.69) is 48.9 Å². The molecule has 2 aliphatic rings. The average molecular weight is 313 g/mol. The minimum atomic E-state index is 0.645. The number of piperidine rings is 1. The van der Waals surface area contributed by atoms with Crippen LogP contribution in [-0.4, -0.2) is 22.6 Å². The van der Waals surface area contributed by atoms with Crippen LogP contribution in [0.5, 0.6) is 0 Å². The fourth-order valence-corrected chi connectivity index (χ4v) is 3.67. The molecule has 3 nitrogen and oxygen atoms in total. The lowest BCUT2D eigenvalue weighted by Crippen LogP contribution is -2.37. The van der Waals surface area contributed by atoms with Crippen LogP contribution in [0.1, 0.15) is 52.3 Å². The van der Waals surface area contributed by atoms with Gasteiger partial charge in [-0.15, -0.1) is 0 Å². The molecule has 126 valence electrons. The molecule has 0 saturated carbocycles.